The van der Waals surface area contributed by atoms with Crippen molar-refractivity contribution in [2.45, 2.75) is 38.5 Å². The molecule has 0 unspecified atom stereocenters. The van der Waals surface area contributed by atoms with Gasteiger partial charge in [0.25, 0.3) is 0 Å². The molecule has 5 heteroatoms. The van der Waals surface area contributed by atoms with E-state index in [-0.39, 0.29) is 11.7 Å². The van der Waals surface area contributed by atoms with Crippen LogP contribution in [0, 0.1) is 11.7 Å². The molecule has 2 aromatic rings. The molecule has 0 aliphatic carbocycles. The van der Waals surface area contributed by atoms with Crippen molar-refractivity contribution < 1.29 is 18.7 Å². The predicted octanol–water partition coefficient (Wildman–Crippen LogP) is 3.72. The molecule has 0 aromatic heterocycles. The van der Waals surface area contributed by atoms with E-state index in [4.69, 9.17) is 9.47 Å². The molecule has 0 saturated carbocycles. The van der Waals surface area contributed by atoms with Gasteiger partial charge >= 0.3 is 0 Å². The highest BCUT2D eigenvalue weighted by atomic mass is 19.1. The van der Waals surface area contributed by atoms with E-state index < -0.39 is 0 Å². The van der Waals surface area contributed by atoms with Crippen molar-refractivity contribution in [2.24, 2.45) is 5.92 Å². The standard InChI is InChI=1S/C24H26FNO3/c25-19-3-1-16(2-4-19)14-23(27)26-9-5-17(6-10-26)13-21-20-8-12-28-22(20)15-18-7-11-29-24(18)21/h1-4,15,17H,5-14H2. The molecule has 1 amide bonds. The number of halogens is 1. The maximum atomic E-state index is 13.1. The topological polar surface area (TPSA) is 38.8 Å². The van der Waals surface area contributed by atoms with Gasteiger partial charge in [0, 0.05) is 42.6 Å². The van der Waals surface area contributed by atoms with E-state index in [1.165, 1.54) is 28.8 Å². The van der Waals surface area contributed by atoms with Crippen molar-refractivity contribution in [2.75, 3.05) is 26.3 Å². The monoisotopic (exact) mass is 395 g/mol. The van der Waals surface area contributed by atoms with Gasteiger partial charge in [0.05, 0.1) is 19.6 Å². The summed E-state index contributed by atoms with van der Waals surface area (Å²) in [5.74, 6) is 2.58. The van der Waals surface area contributed by atoms with Crippen LogP contribution in [0.3, 0.4) is 0 Å². The minimum atomic E-state index is -0.268. The number of fused-ring (bicyclic) bond motifs is 2. The Morgan fingerprint density at radius 2 is 1.83 bits per heavy atom. The van der Waals surface area contributed by atoms with Crippen LogP contribution in [0.25, 0.3) is 0 Å². The Morgan fingerprint density at radius 1 is 1.07 bits per heavy atom. The quantitative estimate of drug-likeness (QED) is 0.792. The number of ether oxygens (including phenoxy) is 2. The fourth-order valence-corrected chi connectivity index (χ4v) is 4.86. The first-order valence-electron chi connectivity index (χ1n) is 10.6. The van der Waals surface area contributed by atoms with Crippen LogP contribution in [0.5, 0.6) is 11.5 Å². The lowest BCUT2D eigenvalue weighted by Gasteiger charge is -2.32. The molecular weight excluding hydrogens is 369 g/mol. The Balaban J connectivity index is 1.22. The van der Waals surface area contributed by atoms with Crippen LogP contribution in [0.1, 0.15) is 35.1 Å². The van der Waals surface area contributed by atoms with Crippen molar-refractivity contribution in [1.82, 2.24) is 4.90 Å². The van der Waals surface area contributed by atoms with Gasteiger partial charge < -0.3 is 14.4 Å². The molecule has 0 bridgehead atoms. The molecule has 1 fully saturated rings. The normalized spacial score (nSPS) is 18.2. The highest BCUT2D eigenvalue weighted by Gasteiger charge is 2.30. The third kappa shape index (κ3) is 3.70. The summed E-state index contributed by atoms with van der Waals surface area (Å²) in [6, 6.07) is 8.39. The Morgan fingerprint density at radius 3 is 2.62 bits per heavy atom. The van der Waals surface area contributed by atoms with Crippen LogP contribution in [0.4, 0.5) is 4.39 Å². The first-order valence-corrected chi connectivity index (χ1v) is 10.6. The summed E-state index contributed by atoms with van der Waals surface area (Å²) in [7, 11) is 0. The molecule has 2 aromatic carbocycles. The van der Waals surface area contributed by atoms with Crippen LogP contribution in [0.2, 0.25) is 0 Å². The number of rotatable bonds is 4. The number of hydrogen-bond acceptors (Lipinski definition) is 3. The molecule has 0 N–H and O–H groups in total. The van der Waals surface area contributed by atoms with Gasteiger partial charge in [-0.05, 0) is 48.9 Å². The predicted molar refractivity (Wildman–Crippen MR) is 108 cm³/mol. The van der Waals surface area contributed by atoms with Gasteiger partial charge in [-0.1, -0.05) is 12.1 Å². The van der Waals surface area contributed by atoms with Gasteiger partial charge in [0.1, 0.15) is 17.3 Å². The molecular formula is C24H26FNO3. The lowest BCUT2D eigenvalue weighted by Crippen LogP contribution is -2.39. The maximum absolute atomic E-state index is 13.1. The van der Waals surface area contributed by atoms with E-state index in [2.05, 4.69) is 6.07 Å². The molecule has 3 aliphatic heterocycles. The third-order valence-electron chi connectivity index (χ3n) is 6.49. The first kappa shape index (κ1) is 18.5. The molecule has 0 radical (unpaired) electrons. The number of piperidine rings is 1. The Hall–Kier alpha value is -2.56. The highest BCUT2D eigenvalue weighted by molar-refractivity contribution is 5.78. The minimum absolute atomic E-state index is 0.133. The van der Waals surface area contributed by atoms with E-state index in [9.17, 15) is 9.18 Å². The largest absolute Gasteiger partial charge is 0.493 e. The first-order chi connectivity index (χ1) is 14.2. The van der Waals surface area contributed by atoms with E-state index in [0.717, 1.165) is 75.5 Å². The van der Waals surface area contributed by atoms with Crippen molar-refractivity contribution in [3.8, 4) is 11.5 Å². The van der Waals surface area contributed by atoms with Gasteiger partial charge in [-0.15, -0.1) is 0 Å². The highest BCUT2D eigenvalue weighted by Crippen LogP contribution is 2.42. The van der Waals surface area contributed by atoms with Gasteiger partial charge in [0.2, 0.25) is 5.91 Å². The lowest BCUT2D eigenvalue weighted by atomic mass is 9.86. The molecule has 1 saturated heterocycles. The summed E-state index contributed by atoms with van der Waals surface area (Å²) < 4.78 is 24.9. The van der Waals surface area contributed by atoms with E-state index in [1.807, 2.05) is 4.90 Å². The number of carbonyl (C=O) groups excluding carboxylic acids is 1. The lowest BCUT2D eigenvalue weighted by molar-refractivity contribution is -0.131. The van der Waals surface area contributed by atoms with Crippen LogP contribution < -0.4 is 9.47 Å². The molecule has 5 rings (SSSR count). The van der Waals surface area contributed by atoms with Gasteiger partial charge in [0.15, 0.2) is 0 Å². The number of carbonyl (C=O) groups is 1. The van der Waals surface area contributed by atoms with E-state index >= 15 is 0 Å². The fourth-order valence-electron chi connectivity index (χ4n) is 4.86. The third-order valence-corrected chi connectivity index (χ3v) is 6.49. The summed E-state index contributed by atoms with van der Waals surface area (Å²) in [5.41, 5.74) is 4.84. The van der Waals surface area contributed by atoms with Gasteiger partial charge in [-0.2, -0.15) is 0 Å². The molecule has 152 valence electrons. The van der Waals surface area contributed by atoms with Crippen LogP contribution >= 0.6 is 0 Å². The molecule has 29 heavy (non-hydrogen) atoms. The number of nitrogens with zero attached hydrogens (tertiary/aromatic N) is 1. The number of likely N-dealkylation sites (tertiary alicyclic amines) is 1. The van der Waals surface area contributed by atoms with Gasteiger partial charge in [-0.25, -0.2) is 4.39 Å². The van der Waals surface area contributed by atoms with Crippen molar-refractivity contribution >= 4 is 5.91 Å². The van der Waals surface area contributed by atoms with Crippen molar-refractivity contribution in [1.29, 1.82) is 0 Å². The summed E-state index contributed by atoms with van der Waals surface area (Å²) in [4.78, 5) is 14.6. The van der Waals surface area contributed by atoms with Crippen LogP contribution in [0.15, 0.2) is 30.3 Å². The summed E-state index contributed by atoms with van der Waals surface area (Å²) >= 11 is 0. The molecule has 3 aliphatic rings. The van der Waals surface area contributed by atoms with Crippen molar-refractivity contribution in [3.63, 3.8) is 0 Å². The molecule has 0 spiro atoms. The summed E-state index contributed by atoms with van der Waals surface area (Å²) in [6.07, 6.45) is 5.30. The zero-order valence-corrected chi connectivity index (χ0v) is 16.6. The van der Waals surface area contributed by atoms with E-state index in [0.29, 0.717) is 12.3 Å². The average Bonchev–Trinajstić information content (AvgIpc) is 3.39. The second kappa shape index (κ2) is 7.69. The number of amides is 1. The SMILES string of the molecule is O=C(Cc1ccc(F)cc1)N1CCC(Cc2c3c(cc4c2OCC4)OCC3)CC1. The second-order valence-electron chi connectivity index (χ2n) is 8.35. The average molecular weight is 395 g/mol. The molecule has 3 heterocycles. The number of hydrogen-bond donors (Lipinski definition) is 0. The van der Waals surface area contributed by atoms with Crippen molar-refractivity contribution in [3.05, 3.63) is 58.4 Å². The Labute approximate surface area is 170 Å². The van der Waals surface area contributed by atoms with Crippen LogP contribution in [-0.4, -0.2) is 37.1 Å². The zero-order chi connectivity index (χ0) is 19.8. The fraction of sp³-hybridized carbons (Fsp3) is 0.458. The summed E-state index contributed by atoms with van der Waals surface area (Å²) in [6.45, 7) is 3.11. The second-order valence-corrected chi connectivity index (χ2v) is 8.35. The maximum Gasteiger partial charge on any atom is 0.226 e. The zero-order valence-electron chi connectivity index (χ0n) is 16.6. The Bertz CT molecular complexity index is 884. The smallest absolute Gasteiger partial charge is 0.226 e. The summed E-state index contributed by atoms with van der Waals surface area (Å²) in [5, 5.41) is 0. The number of benzene rings is 2. The molecule has 4 nitrogen and oxygen atoms in total. The van der Waals surface area contributed by atoms with E-state index in [1.54, 1.807) is 12.1 Å². The van der Waals surface area contributed by atoms with Gasteiger partial charge in [-0.3, -0.25) is 4.79 Å². The molecule has 0 atom stereocenters. The Kier molecular flexibility index (Phi) is 4.90. The van der Waals surface area contributed by atoms with Crippen LogP contribution in [-0.2, 0) is 30.5 Å². The minimum Gasteiger partial charge on any atom is -0.493 e.